The number of nitrogens with zero attached hydrogens (tertiary/aromatic N) is 5. The van der Waals surface area contributed by atoms with E-state index in [0.717, 1.165) is 22.5 Å². The van der Waals surface area contributed by atoms with Crippen LogP contribution in [0.2, 0.25) is 0 Å². The molecule has 0 atom stereocenters. The molecule has 0 unspecified atom stereocenters. The second kappa shape index (κ2) is 9.84. The number of sulfonamides is 1. The van der Waals surface area contributed by atoms with Crippen molar-refractivity contribution in [1.82, 2.24) is 19.0 Å². The average Bonchev–Trinajstić information content (AvgIpc) is 3.34. The van der Waals surface area contributed by atoms with Gasteiger partial charge in [-0.15, -0.1) is 0 Å². The van der Waals surface area contributed by atoms with Crippen molar-refractivity contribution >= 4 is 10.0 Å². The number of rotatable bonds is 6. The van der Waals surface area contributed by atoms with E-state index in [2.05, 4.69) is 23.2 Å². The van der Waals surface area contributed by atoms with Gasteiger partial charge >= 0.3 is 0 Å². The van der Waals surface area contributed by atoms with E-state index in [1.54, 1.807) is 12.1 Å². The van der Waals surface area contributed by atoms with Gasteiger partial charge in [0.05, 0.1) is 27.9 Å². The summed E-state index contributed by atoms with van der Waals surface area (Å²) in [5.41, 5.74) is 4.53. The minimum atomic E-state index is -3.59. The van der Waals surface area contributed by atoms with Gasteiger partial charge in [0, 0.05) is 50.0 Å². The fourth-order valence-corrected chi connectivity index (χ4v) is 5.72. The molecule has 7 nitrogen and oxygen atoms in total. The highest BCUT2D eigenvalue weighted by Gasteiger charge is 2.29. The first-order valence-corrected chi connectivity index (χ1v) is 12.9. The molecule has 1 saturated heterocycles. The molecule has 35 heavy (non-hydrogen) atoms. The third kappa shape index (κ3) is 4.88. The maximum atomic E-state index is 13.1. The second-order valence-corrected chi connectivity index (χ2v) is 10.4. The largest absolute Gasteiger partial charge is 0.296 e. The van der Waals surface area contributed by atoms with Gasteiger partial charge in [0.1, 0.15) is 0 Å². The maximum Gasteiger partial charge on any atom is 0.243 e. The Morgan fingerprint density at radius 1 is 0.829 bits per heavy atom. The molecule has 0 N–H and O–H groups in total. The lowest BCUT2D eigenvalue weighted by atomic mass is 10.1. The fraction of sp³-hybridized carbons (Fsp3) is 0.185. The SMILES string of the molecule is N#Cc1ccc(S(=O)(=O)N2CCN(Cc3cn(-c4ccccc4)nc3-c3ccccc3)CC2)cc1. The quantitative estimate of drug-likeness (QED) is 0.415. The number of hydrogen-bond donors (Lipinski definition) is 0. The van der Waals surface area contributed by atoms with Crippen LogP contribution >= 0.6 is 0 Å². The third-order valence-electron chi connectivity index (χ3n) is 6.20. The summed E-state index contributed by atoms with van der Waals surface area (Å²) >= 11 is 0. The summed E-state index contributed by atoms with van der Waals surface area (Å²) < 4.78 is 29.6. The van der Waals surface area contributed by atoms with Gasteiger partial charge in [-0.05, 0) is 36.4 Å². The molecule has 0 saturated carbocycles. The van der Waals surface area contributed by atoms with Crippen LogP contribution in [-0.2, 0) is 16.6 Å². The van der Waals surface area contributed by atoms with E-state index >= 15 is 0 Å². The van der Waals surface area contributed by atoms with E-state index in [-0.39, 0.29) is 4.90 Å². The molecule has 2 heterocycles. The molecule has 176 valence electrons. The summed E-state index contributed by atoms with van der Waals surface area (Å²) in [6.45, 7) is 2.76. The van der Waals surface area contributed by atoms with Crippen LogP contribution < -0.4 is 0 Å². The lowest BCUT2D eigenvalue weighted by Crippen LogP contribution is -2.48. The Morgan fingerprint density at radius 3 is 2.09 bits per heavy atom. The summed E-state index contributed by atoms with van der Waals surface area (Å²) in [6, 6.07) is 28.3. The van der Waals surface area contributed by atoms with Crippen LogP contribution in [-0.4, -0.2) is 53.6 Å². The van der Waals surface area contributed by atoms with Crippen LogP contribution in [0.5, 0.6) is 0 Å². The van der Waals surface area contributed by atoms with Crippen molar-refractivity contribution in [1.29, 1.82) is 5.26 Å². The van der Waals surface area contributed by atoms with Crippen molar-refractivity contribution in [3.05, 3.63) is 102 Å². The highest BCUT2D eigenvalue weighted by atomic mass is 32.2. The lowest BCUT2D eigenvalue weighted by Gasteiger charge is -2.33. The zero-order valence-electron chi connectivity index (χ0n) is 19.2. The van der Waals surface area contributed by atoms with E-state index in [1.165, 1.54) is 16.4 Å². The minimum absolute atomic E-state index is 0.223. The number of piperazine rings is 1. The van der Waals surface area contributed by atoms with Gasteiger partial charge in [-0.1, -0.05) is 48.5 Å². The molecule has 1 aliphatic heterocycles. The van der Waals surface area contributed by atoms with Crippen LogP contribution in [0.4, 0.5) is 0 Å². The summed E-state index contributed by atoms with van der Waals surface area (Å²) in [5.74, 6) is 0. The standard InChI is InChI=1S/C27H25N5O2S/c28-19-22-11-13-26(14-12-22)35(33,34)31-17-15-30(16-18-31)20-24-21-32(25-9-5-2-6-10-25)29-27(24)23-7-3-1-4-8-23/h1-14,21H,15-18,20H2. The predicted octanol–water partition coefficient (Wildman–Crippen LogP) is 3.92. The molecule has 1 aliphatic rings. The van der Waals surface area contributed by atoms with Crippen LogP contribution in [0.3, 0.4) is 0 Å². The summed E-state index contributed by atoms with van der Waals surface area (Å²) in [4.78, 5) is 2.49. The normalized spacial score (nSPS) is 15.1. The fourth-order valence-electron chi connectivity index (χ4n) is 4.30. The van der Waals surface area contributed by atoms with E-state index in [1.807, 2.05) is 59.3 Å². The predicted molar refractivity (Wildman–Crippen MR) is 134 cm³/mol. The first-order valence-electron chi connectivity index (χ1n) is 11.5. The molecule has 0 aliphatic carbocycles. The van der Waals surface area contributed by atoms with Crippen LogP contribution in [0.25, 0.3) is 16.9 Å². The number of aromatic nitrogens is 2. The molecule has 0 spiro atoms. The zero-order chi connectivity index (χ0) is 24.3. The third-order valence-corrected chi connectivity index (χ3v) is 8.12. The summed E-state index contributed by atoms with van der Waals surface area (Å²) in [7, 11) is -3.59. The van der Waals surface area contributed by atoms with Gasteiger partial charge in [0.2, 0.25) is 10.0 Å². The first kappa shape index (κ1) is 23.0. The number of para-hydroxylation sites is 1. The first-order chi connectivity index (χ1) is 17.0. The Morgan fingerprint density at radius 2 is 1.46 bits per heavy atom. The second-order valence-electron chi connectivity index (χ2n) is 8.47. The lowest BCUT2D eigenvalue weighted by molar-refractivity contribution is 0.182. The Bertz CT molecular complexity index is 1440. The molecule has 0 bridgehead atoms. The van der Waals surface area contributed by atoms with E-state index in [0.29, 0.717) is 38.3 Å². The molecule has 3 aromatic carbocycles. The molecule has 1 aromatic heterocycles. The highest BCUT2D eigenvalue weighted by Crippen LogP contribution is 2.26. The van der Waals surface area contributed by atoms with Crippen molar-refractivity contribution in [2.24, 2.45) is 0 Å². The monoisotopic (exact) mass is 483 g/mol. The van der Waals surface area contributed by atoms with Gasteiger partial charge in [-0.2, -0.15) is 14.7 Å². The summed E-state index contributed by atoms with van der Waals surface area (Å²) in [5, 5.41) is 13.9. The molecular weight excluding hydrogens is 458 g/mol. The van der Waals surface area contributed by atoms with Crippen molar-refractivity contribution in [3.8, 4) is 23.0 Å². The van der Waals surface area contributed by atoms with Crippen LogP contribution in [0.1, 0.15) is 11.1 Å². The average molecular weight is 484 g/mol. The number of nitriles is 1. The Balaban J connectivity index is 1.33. The Labute approximate surface area is 205 Å². The van der Waals surface area contributed by atoms with E-state index < -0.39 is 10.0 Å². The van der Waals surface area contributed by atoms with Gasteiger partial charge in [0.25, 0.3) is 0 Å². The van der Waals surface area contributed by atoms with Gasteiger partial charge < -0.3 is 0 Å². The van der Waals surface area contributed by atoms with Crippen molar-refractivity contribution in [2.75, 3.05) is 26.2 Å². The number of hydrogen-bond acceptors (Lipinski definition) is 5. The molecule has 0 radical (unpaired) electrons. The van der Waals surface area contributed by atoms with Crippen molar-refractivity contribution in [3.63, 3.8) is 0 Å². The zero-order valence-corrected chi connectivity index (χ0v) is 20.0. The highest BCUT2D eigenvalue weighted by molar-refractivity contribution is 7.89. The Kier molecular flexibility index (Phi) is 6.47. The van der Waals surface area contributed by atoms with Crippen LogP contribution in [0.15, 0.2) is 96.0 Å². The summed E-state index contributed by atoms with van der Waals surface area (Å²) in [6.07, 6.45) is 2.07. The smallest absolute Gasteiger partial charge is 0.243 e. The van der Waals surface area contributed by atoms with Crippen molar-refractivity contribution in [2.45, 2.75) is 11.4 Å². The number of benzene rings is 3. The van der Waals surface area contributed by atoms with E-state index in [9.17, 15) is 8.42 Å². The van der Waals surface area contributed by atoms with Gasteiger partial charge in [-0.3, -0.25) is 4.90 Å². The van der Waals surface area contributed by atoms with Crippen molar-refractivity contribution < 1.29 is 8.42 Å². The maximum absolute atomic E-state index is 13.1. The van der Waals surface area contributed by atoms with E-state index in [4.69, 9.17) is 10.4 Å². The molecule has 8 heteroatoms. The minimum Gasteiger partial charge on any atom is -0.296 e. The van der Waals surface area contributed by atoms with Crippen LogP contribution in [0, 0.1) is 11.3 Å². The molecule has 0 amide bonds. The molecule has 4 aromatic rings. The molecule has 5 rings (SSSR count). The van der Waals surface area contributed by atoms with Gasteiger partial charge in [-0.25, -0.2) is 13.1 Å². The van der Waals surface area contributed by atoms with Gasteiger partial charge in [0.15, 0.2) is 0 Å². The topological polar surface area (TPSA) is 82.2 Å². The Hall–Kier alpha value is -3.77. The molecule has 1 fully saturated rings. The molecular formula is C27H25N5O2S.